The van der Waals surface area contributed by atoms with Crippen molar-refractivity contribution in [1.82, 2.24) is 9.88 Å². The standard InChI is InChI=1S/C22H24BrN3O2S/c1-3-26-12-10-15-14-16(8-9-20(15)26)24-22(28)19(11-13-29-2)25-21(27)17-6-4-5-7-18(17)23/h4-10,12,14,19H,3,11,13H2,1-2H3,(H,24,28)(H,25,27). The van der Waals surface area contributed by atoms with Gasteiger partial charge in [-0.1, -0.05) is 12.1 Å². The van der Waals surface area contributed by atoms with Crippen molar-refractivity contribution in [3.05, 3.63) is 64.8 Å². The van der Waals surface area contributed by atoms with Crippen molar-refractivity contribution in [2.45, 2.75) is 25.9 Å². The Morgan fingerprint density at radius 3 is 2.69 bits per heavy atom. The molecule has 1 atom stereocenters. The van der Waals surface area contributed by atoms with Gasteiger partial charge in [-0.2, -0.15) is 11.8 Å². The molecule has 0 radical (unpaired) electrons. The van der Waals surface area contributed by atoms with Crippen LogP contribution in [-0.4, -0.2) is 34.4 Å². The number of hydrogen-bond donors (Lipinski definition) is 2. The maximum absolute atomic E-state index is 12.9. The van der Waals surface area contributed by atoms with Crippen LogP contribution in [0.1, 0.15) is 23.7 Å². The summed E-state index contributed by atoms with van der Waals surface area (Å²) in [6, 6.07) is 14.5. The molecule has 1 aromatic heterocycles. The first-order valence-electron chi connectivity index (χ1n) is 9.47. The topological polar surface area (TPSA) is 63.1 Å². The van der Waals surface area contributed by atoms with E-state index in [0.717, 1.165) is 28.9 Å². The maximum Gasteiger partial charge on any atom is 0.253 e. The summed E-state index contributed by atoms with van der Waals surface area (Å²) < 4.78 is 2.85. The third-order valence-electron chi connectivity index (χ3n) is 4.73. The molecule has 3 aromatic rings. The summed E-state index contributed by atoms with van der Waals surface area (Å²) in [5, 5.41) is 6.91. The number of nitrogens with zero attached hydrogens (tertiary/aromatic N) is 1. The number of benzene rings is 2. The Balaban J connectivity index is 1.75. The van der Waals surface area contributed by atoms with Gasteiger partial charge in [-0.25, -0.2) is 0 Å². The molecule has 7 heteroatoms. The van der Waals surface area contributed by atoms with Crippen LogP contribution in [0.5, 0.6) is 0 Å². The SMILES string of the molecule is CCn1ccc2cc(NC(=O)C(CCSC)NC(=O)c3ccccc3Br)ccc21. The molecule has 0 saturated heterocycles. The van der Waals surface area contributed by atoms with Gasteiger partial charge in [0.1, 0.15) is 6.04 Å². The first-order chi connectivity index (χ1) is 14.0. The van der Waals surface area contributed by atoms with Gasteiger partial charge in [-0.15, -0.1) is 0 Å². The second kappa shape index (κ2) is 9.98. The van der Waals surface area contributed by atoms with Crippen molar-refractivity contribution in [2.24, 2.45) is 0 Å². The largest absolute Gasteiger partial charge is 0.348 e. The summed E-state index contributed by atoms with van der Waals surface area (Å²) in [6.07, 6.45) is 4.57. The zero-order valence-corrected chi connectivity index (χ0v) is 18.8. The lowest BCUT2D eigenvalue weighted by Crippen LogP contribution is -2.44. The van der Waals surface area contributed by atoms with Gasteiger partial charge in [0.15, 0.2) is 0 Å². The van der Waals surface area contributed by atoms with E-state index in [4.69, 9.17) is 0 Å². The van der Waals surface area contributed by atoms with E-state index in [0.29, 0.717) is 16.5 Å². The number of aryl methyl sites for hydroxylation is 1. The third-order valence-corrected chi connectivity index (χ3v) is 6.07. The summed E-state index contributed by atoms with van der Waals surface area (Å²) in [5.41, 5.74) is 2.36. The molecule has 0 aliphatic rings. The highest BCUT2D eigenvalue weighted by Crippen LogP contribution is 2.21. The van der Waals surface area contributed by atoms with E-state index in [1.165, 1.54) is 0 Å². The highest BCUT2D eigenvalue weighted by Gasteiger charge is 2.22. The molecular formula is C22H24BrN3O2S. The molecule has 3 rings (SSSR count). The van der Waals surface area contributed by atoms with Crippen LogP contribution in [0.3, 0.4) is 0 Å². The summed E-state index contributed by atoms with van der Waals surface area (Å²) in [5.74, 6) is 0.287. The van der Waals surface area contributed by atoms with Gasteiger partial charge >= 0.3 is 0 Å². The number of amides is 2. The van der Waals surface area contributed by atoms with Crippen LogP contribution in [0, 0.1) is 0 Å². The van der Waals surface area contributed by atoms with E-state index in [-0.39, 0.29) is 11.8 Å². The first kappa shape index (κ1) is 21.5. The number of aromatic nitrogens is 1. The lowest BCUT2D eigenvalue weighted by atomic mass is 10.1. The Morgan fingerprint density at radius 2 is 1.97 bits per heavy atom. The van der Waals surface area contributed by atoms with Crippen LogP contribution < -0.4 is 10.6 Å². The van der Waals surface area contributed by atoms with Gasteiger partial charge in [0.2, 0.25) is 5.91 Å². The van der Waals surface area contributed by atoms with Gasteiger partial charge < -0.3 is 15.2 Å². The zero-order chi connectivity index (χ0) is 20.8. The molecule has 5 nitrogen and oxygen atoms in total. The first-order valence-corrected chi connectivity index (χ1v) is 11.7. The predicted octanol–water partition coefficient (Wildman–Crippen LogP) is 4.91. The van der Waals surface area contributed by atoms with Gasteiger partial charge in [0, 0.05) is 33.8 Å². The summed E-state index contributed by atoms with van der Waals surface area (Å²) in [6.45, 7) is 2.99. The molecule has 1 unspecified atom stereocenters. The lowest BCUT2D eigenvalue weighted by Gasteiger charge is -2.19. The van der Waals surface area contributed by atoms with Gasteiger partial charge in [0.25, 0.3) is 5.91 Å². The average molecular weight is 474 g/mol. The van der Waals surface area contributed by atoms with E-state index in [1.54, 1.807) is 23.9 Å². The quantitative estimate of drug-likeness (QED) is 0.488. The number of anilines is 1. The number of fused-ring (bicyclic) bond motifs is 1. The second-order valence-corrected chi connectivity index (χ2v) is 8.49. The Hall–Kier alpha value is -2.25. The molecule has 0 fully saturated rings. The molecule has 2 amide bonds. The maximum atomic E-state index is 12.9. The number of halogens is 1. The minimum atomic E-state index is -0.613. The predicted molar refractivity (Wildman–Crippen MR) is 125 cm³/mol. The highest BCUT2D eigenvalue weighted by molar-refractivity contribution is 9.10. The Kier molecular flexibility index (Phi) is 7.39. The highest BCUT2D eigenvalue weighted by atomic mass is 79.9. The van der Waals surface area contributed by atoms with E-state index < -0.39 is 6.04 Å². The monoisotopic (exact) mass is 473 g/mol. The van der Waals surface area contributed by atoms with Crippen LogP contribution >= 0.6 is 27.7 Å². The van der Waals surface area contributed by atoms with Crippen molar-refractivity contribution in [2.75, 3.05) is 17.3 Å². The number of thioether (sulfide) groups is 1. The molecule has 0 saturated carbocycles. The van der Waals surface area contributed by atoms with Gasteiger partial charge in [0.05, 0.1) is 5.56 Å². The lowest BCUT2D eigenvalue weighted by molar-refractivity contribution is -0.118. The number of carbonyl (C=O) groups excluding carboxylic acids is 2. The van der Waals surface area contributed by atoms with Crippen LogP contribution in [-0.2, 0) is 11.3 Å². The number of carbonyl (C=O) groups is 2. The fourth-order valence-corrected chi connectivity index (χ4v) is 4.11. The van der Waals surface area contributed by atoms with Crippen molar-refractivity contribution in [3.8, 4) is 0 Å². The summed E-state index contributed by atoms with van der Waals surface area (Å²) >= 11 is 5.04. The van der Waals surface area contributed by atoms with E-state index >= 15 is 0 Å². The number of nitrogens with one attached hydrogen (secondary N) is 2. The number of hydrogen-bond acceptors (Lipinski definition) is 3. The fourth-order valence-electron chi connectivity index (χ4n) is 3.17. The van der Waals surface area contributed by atoms with Crippen LogP contribution in [0.15, 0.2) is 59.2 Å². The van der Waals surface area contributed by atoms with Crippen molar-refractivity contribution < 1.29 is 9.59 Å². The Labute approximate surface area is 183 Å². The van der Waals surface area contributed by atoms with Crippen molar-refractivity contribution in [3.63, 3.8) is 0 Å². The van der Waals surface area contributed by atoms with E-state index in [1.807, 2.05) is 48.9 Å². The summed E-state index contributed by atoms with van der Waals surface area (Å²) in [7, 11) is 0. The van der Waals surface area contributed by atoms with E-state index in [2.05, 4.69) is 38.1 Å². The van der Waals surface area contributed by atoms with E-state index in [9.17, 15) is 9.59 Å². The Morgan fingerprint density at radius 1 is 1.17 bits per heavy atom. The molecule has 2 aromatic carbocycles. The minimum Gasteiger partial charge on any atom is -0.348 e. The molecule has 152 valence electrons. The molecule has 0 aliphatic heterocycles. The second-order valence-electron chi connectivity index (χ2n) is 6.65. The zero-order valence-electron chi connectivity index (χ0n) is 16.4. The molecule has 0 spiro atoms. The normalized spacial score (nSPS) is 12.0. The average Bonchev–Trinajstić information content (AvgIpc) is 3.13. The minimum absolute atomic E-state index is 0.214. The third kappa shape index (κ3) is 5.22. The Bertz CT molecular complexity index is 1020. The molecule has 0 bridgehead atoms. The van der Waals surface area contributed by atoms with Crippen LogP contribution in [0.4, 0.5) is 5.69 Å². The molecule has 2 N–H and O–H groups in total. The fraction of sp³-hybridized carbons (Fsp3) is 0.273. The van der Waals surface area contributed by atoms with Gasteiger partial charge in [-0.3, -0.25) is 9.59 Å². The molecule has 1 heterocycles. The summed E-state index contributed by atoms with van der Waals surface area (Å²) in [4.78, 5) is 25.6. The molecule has 0 aliphatic carbocycles. The number of rotatable bonds is 8. The molecular weight excluding hydrogens is 450 g/mol. The van der Waals surface area contributed by atoms with Crippen LogP contribution in [0.2, 0.25) is 0 Å². The van der Waals surface area contributed by atoms with Crippen molar-refractivity contribution in [1.29, 1.82) is 0 Å². The molecule has 29 heavy (non-hydrogen) atoms. The smallest absolute Gasteiger partial charge is 0.253 e. The van der Waals surface area contributed by atoms with Crippen molar-refractivity contribution >= 4 is 56.1 Å². The van der Waals surface area contributed by atoms with Gasteiger partial charge in [-0.05, 0) is 77.7 Å². The van der Waals surface area contributed by atoms with Crippen LogP contribution in [0.25, 0.3) is 10.9 Å².